The van der Waals surface area contributed by atoms with Crippen LogP contribution >= 0.6 is 34.2 Å². The maximum Gasteiger partial charge on any atom is 0.257 e. The summed E-state index contributed by atoms with van der Waals surface area (Å²) in [5.41, 5.74) is 7.52. The molecule has 1 amide bonds. The van der Waals surface area contributed by atoms with Gasteiger partial charge >= 0.3 is 0 Å². The lowest BCUT2D eigenvalue weighted by Crippen LogP contribution is -2.28. The third kappa shape index (κ3) is 3.39. The molecule has 2 aromatic carbocycles. The highest BCUT2D eigenvalue weighted by Crippen LogP contribution is 2.20. The van der Waals surface area contributed by atoms with E-state index in [0.29, 0.717) is 28.2 Å². The molecule has 0 unspecified atom stereocenters. The van der Waals surface area contributed by atoms with Crippen molar-refractivity contribution in [3.8, 4) is 0 Å². The summed E-state index contributed by atoms with van der Waals surface area (Å²) in [5.74, 6) is -0.439. The number of carbonyl (C=O) groups is 1. The van der Waals surface area contributed by atoms with Crippen molar-refractivity contribution in [3.05, 3.63) is 72.5 Å². The number of benzene rings is 2. The molecule has 0 radical (unpaired) electrons. The van der Waals surface area contributed by atoms with E-state index in [0.717, 1.165) is 9.13 Å². The minimum absolute atomic E-state index is 0.0536. The number of aromatic nitrogens is 1. The van der Waals surface area contributed by atoms with Crippen molar-refractivity contribution in [1.29, 1.82) is 0 Å². The van der Waals surface area contributed by atoms with Crippen LogP contribution in [0, 0.1) is 3.57 Å². The third-order valence-corrected chi connectivity index (χ3v) is 4.47. The van der Waals surface area contributed by atoms with E-state index in [1.807, 2.05) is 12.1 Å². The Morgan fingerprint density at radius 1 is 1.25 bits per heavy atom. The molecule has 0 bridgehead atoms. The number of fused-ring (bicyclic) bond motifs is 1. The second kappa shape index (κ2) is 6.82. The van der Waals surface area contributed by atoms with Crippen molar-refractivity contribution in [3.63, 3.8) is 0 Å². The number of pyridine rings is 1. The average molecular weight is 454 g/mol. The van der Waals surface area contributed by atoms with Gasteiger partial charge in [-0.25, -0.2) is 0 Å². The smallest absolute Gasteiger partial charge is 0.257 e. The fraction of sp³-hybridized carbons (Fsp3) is 0.0588. The van der Waals surface area contributed by atoms with Crippen molar-refractivity contribution in [1.82, 2.24) is 10.3 Å². The van der Waals surface area contributed by atoms with E-state index in [2.05, 4.69) is 32.9 Å². The summed E-state index contributed by atoms with van der Waals surface area (Å²) in [7, 11) is 0. The fourth-order valence-corrected chi connectivity index (χ4v) is 3.14. The van der Waals surface area contributed by atoms with Crippen molar-refractivity contribution in [2.75, 3.05) is 5.73 Å². The molecule has 1 aromatic heterocycles. The molecule has 0 saturated heterocycles. The Balaban J connectivity index is 1.88. The monoisotopic (exact) mass is 453 g/mol. The van der Waals surface area contributed by atoms with E-state index in [1.165, 1.54) is 6.20 Å². The van der Waals surface area contributed by atoms with E-state index in [4.69, 9.17) is 17.3 Å². The van der Waals surface area contributed by atoms with Gasteiger partial charge in [0.15, 0.2) is 0 Å². The number of halogens is 2. The topological polar surface area (TPSA) is 88.0 Å². The highest BCUT2D eigenvalue weighted by atomic mass is 127. The minimum atomic E-state index is -0.439. The van der Waals surface area contributed by atoms with Gasteiger partial charge in [0.1, 0.15) is 5.56 Å². The van der Waals surface area contributed by atoms with Gasteiger partial charge in [0, 0.05) is 26.7 Å². The Morgan fingerprint density at radius 2 is 1.96 bits per heavy atom. The molecule has 0 aliphatic carbocycles. The van der Waals surface area contributed by atoms with Crippen LogP contribution in [0.3, 0.4) is 0 Å². The van der Waals surface area contributed by atoms with Gasteiger partial charge in [-0.2, -0.15) is 0 Å². The van der Waals surface area contributed by atoms with Crippen LogP contribution < -0.4 is 16.5 Å². The number of H-pyrrole nitrogens is 1. The van der Waals surface area contributed by atoms with Crippen molar-refractivity contribution < 1.29 is 4.79 Å². The maximum atomic E-state index is 12.6. The number of nitrogens with one attached hydrogen (secondary N) is 2. The molecule has 0 saturated carbocycles. The highest BCUT2D eigenvalue weighted by molar-refractivity contribution is 14.1. The number of hydrogen-bond acceptors (Lipinski definition) is 3. The number of aromatic amines is 1. The van der Waals surface area contributed by atoms with Gasteiger partial charge in [-0.1, -0.05) is 23.7 Å². The van der Waals surface area contributed by atoms with Crippen LogP contribution in [0.1, 0.15) is 15.9 Å². The summed E-state index contributed by atoms with van der Waals surface area (Å²) in [6.45, 7) is 0.307. The molecule has 0 aliphatic heterocycles. The van der Waals surface area contributed by atoms with E-state index < -0.39 is 5.91 Å². The summed E-state index contributed by atoms with van der Waals surface area (Å²) in [6, 6.07) is 10.6. The van der Waals surface area contributed by atoms with Crippen LogP contribution in [0.2, 0.25) is 5.02 Å². The zero-order valence-electron chi connectivity index (χ0n) is 12.4. The van der Waals surface area contributed by atoms with Crippen molar-refractivity contribution in [2.24, 2.45) is 0 Å². The molecular weight excluding hydrogens is 441 g/mol. The Kier molecular flexibility index (Phi) is 4.77. The van der Waals surface area contributed by atoms with Crippen molar-refractivity contribution >= 4 is 56.7 Å². The lowest BCUT2D eigenvalue weighted by molar-refractivity contribution is 0.0949. The summed E-state index contributed by atoms with van der Waals surface area (Å²) in [6.07, 6.45) is 1.39. The quantitative estimate of drug-likeness (QED) is 0.420. The molecule has 5 nitrogen and oxygen atoms in total. The standard InChI is InChI=1S/C17H13ClIN3O2/c18-10-3-1-9(2-4-10)7-22-17(24)13-8-21-15-12(16(13)23)5-11(19)6-14(15)20/h1-6,8H,7,20H2,(H,21,23)(H,22,24). The normalized spacial score (nSPS) is 10.8. The number of nitrogen functional groups attached to an aromatic ring is 1. The zero-order valence-corrected chi connectivity index (χ0v) is 15.3. The molecule has 0 fully saturated rings. The zero-order chi connectivity index (χ0) is 17.3. The van der Waals surface area contributed by atoms with Crippen LogP contribution in [-0.4, -0.2) is 10.9 Å². The maximum absolute atomic E-state index is 12.6. The SMILES string of the molecule is Nc1cc(I)cc2c(=O)c(C(=O)NCc3ccc(Cl)cc3)c[nH]c12. The number of anilines is 1. The molecule has 24 heavy (non-hydrogen) atoms. The largest absolute Gasteiger partial charge is 0.397 e. The summed E-state index contributed by atoms with van der Waals surface area (Å²) >= 11 is 7.91. The van der Waals surface area contributed by atoms with E-state index in [-0.39, 0.29) is 11.0 Å². The Labute approximate surface area is 156 Å². The molecule has 7 heteroatoms. The van der Waals surface area contributed by atoms with Crippen molar-refractivity contribution in [2.45, 2.75) is 6.54 Å². The first-order valence-corrected chi connectivity index (χ1v) is 8.54. The summed E-state index contributed by atoms with van der Waals surface area (Å²) < 4.78 is 0.835. The van der Waals surface area contributed by atoms with Crippen LogP contribution in [0.5, 0.6) is 0 Å². The number of amides is 1. The molecule has 0 spiro atoms. The lowest BCUT2D eigenvalue weighted by atomic mass is 10.1. The predicted octanol–water partition coefficient (Wildman–Crippen LogP) is 3.30. The predicted molar refractivity (Wildman–Crippen MR) is 104 cm³/mol. The Bertz CT molecular complexity index is 984. The number of nitrogens with two attached hydrogens (primary N) is 1. The fourth-order valence-electron chi connectivity index (χ4n) is 2.37. The molecular formula is C17H13ClIN3O2. The Hall–Kier alpha value is -2.06. The average Bonchev–Trinajstić information content (AvgIpc) is 2.55. The molecule has 122 valence electrons. The number of hydrogen-bond donors (Lipinski definition) is 3. The Morgan fingerprint density at radius 3 is 2.67 bits per heavy atom. The van der Waals surface area contributed by atoms with Crippen LogP contribution in [-0.2, 0) is 6.54 Å². The summed E-state index contributed by atoms with van der Waals surface area (Å²) in [4.78, 5) is 27.8. The first-order chi connectivity index (χ1) is 11.5. The molecule has 3 rings (SSSR count). The molecule has 3 aromatic rings. The van der Waals surface area contributed by atoms with Gasteiger partial charge in [0.05, 0.1) is 11.2 Å². The van der Waals surface area contributed by atoms with Crippen LogP contribution in [0.15, 0.2) is 47.4 Å². The number of rotatable bonds is 3. The molecule has 0 aliphatic rings. The number of carbonyl (C=O) groups excluding carboxylic acids is 1. The lowest BCUT2D eigenvalue weighted by Gasteiger charge is -2.08. The highest BCUT2D eigenvalue weighted by Gasteiger charge is 2.14. The van der Waals surface area contributed by atoms with Gasteiger partial charge in [-0.05, 0) is 52.4 Å². The molecule has 0 atom stereocenters. The van der Waals surface area contributed by atoms with Crippen LogP contribution in [0.4, 0.5) is 5.69 Å². The molecule has 4 N–H and O–H groups in total. The van der Waals surface area contributed by atoms with Crippen LogP contribution in [0.25, 0.3) is 10.9 Å². The second-order valence-electron chi connectivity index (χ2n) is 5.26. The summed E-state index contributed by atoms with van der Waals surface area (Å²) in [5, 5.41) is 3.76. The third-order valence-electron chi connectivity index (χ3n) is 3.59. The first kappa shape index (κ1) is 16.8. The van der Waals surface area contributed by atoms with E-state index >= 15 is 0 Å². The molecule has 1 heterocycles. The van der Waals surface area contributed by atoms with Gasteiger partial charge in [0.25, 0.3) is 5.91 Å². The second-order valence-corrected chi connectivity index (χ2v) is 6.94. The van der Waals surface area contributed by atoms with Gasteiger partial charge in [-0.3, -0.25) is 9.59 Å². The van der Waals surface area contributed by atoms with Gasteiger partial charge in [-0.15, -0.1) is 0 Å². The van der Waals surface area contributed by atoms with E-state index in [1.54, 1.807) is 24.3 Å². The minimum Gasteiger partial charge on any atom is -0.397 e. The van der Waals surface area contributed by atoms with Gasteiger partial charge < -0.3 is 16.0 Å². The van der Waals surface area contributed by atoms with Gasteiger partial charge in [0.2, 0.25) is 5.43 Å². The van der Waals surface area contributed by atoms with E-state index in [9.17, 15) is 9.59 Å². The first-order valence-electron chi connectivity index (χ1n) is 7.09.